The Balaban J connectivity index is 2.05. The number of nitrogens with one attached hydrogen (secondary N) is 2. The van der Waals surface area contributed by atoms with Gasteiger partial charge in [-0.2, -0.15) is 0 Å². The Hall–Kier alpha value is -1.58. The summed E-state index contributed by atoms with van der Waals surface area (Å²) in [7, 11) is 0. The highest BCUT2D eigenvalue weighted by Crippen LogP contribution is 2.33. The van der Waals surface area contributed by atoms with Gasteiger partial charge in [-0.25, -0.2) is 4.39 Å². The molecule has 110 valence electrons. The van der Waals surface area contributed by atoms with E-state index >= 15 is 0 Å². The van der Waals surface area contributed by atoms with Gasteiger partial charge in [0.05, 0.1) is 11.3 Å². The van der Waals surface area contributed by atoms with Gasteiger partial charge < -0.3 is 10.6 Å². The van der Waals surface area contributed by atoms with E-state index in [0.29, 0.717) is 17.8 Å². The molecule has 0 aromatic heterocycles. The lowest BCUT2D eigenvalue weighted by Gasteiger charge is -2.16. The molecule has 1 unspecified atom stereocenters. The Morgan fingerprint density at radius 2 is 2.20 bits per heavy atom. The van der Waals surface area contributed by atoms with Crippen molar-refractivity contribution in [2.75, 3.05) is 11.9 Å². The van der Waals surface area contributed by atoms with Crippen LogP contribution in [-0.4, -0.2) is 18.5 Å². The second-order valence-electron chi connectivity index (χ2n) is 5.64. The predicted octanol–water partition coefficient (Wildman–Crippen LogP) is 3.57. The second kappa shape index (κ2) is 6.73. The van der Waals surface area contributed by atoms with Gasteiger partial charge in [0.25, 0.3) is 5.91 Å². The highest BCUT2D eigenvalue weighted by molar-refractivity contribution is 5.99. The van der Waals surface area contributed by atoms with Crippen LogP contribution >= 0.6 is 0 Å². The predicted molar refractivity (Wildman–Crippen MR) is 79.4 cm³/mol. The molecule has 2 N–H and O–H groups in total. The standard InChI is InChI=1S/C16H23FN2O/c1-3-9-18-15-13(5-4-6-14(15)17)16(20)19-11(2)10-12-7-8-12/h4-6,11-12,18H,3,7-10H2,1-2H3,(H,19,20). The lowest BCUT2D eigenvalue weighted by molar-refractivity contribution is 0.0938. The van der Waals surface area contributed by atoms with Crippen molar-refractivity contribution in [1.29, 1.82) is 0 Å². The van der Waals surface area contributed by atoms with Crippen LogP contribution in [0.25, 0.3) is 0 Å². The Morgan fingerprint density at radius 1 is 1.45 bits per heavy atom. The number of anilines is 1. The molecule has 20 heavy (non-hydrogen) atoms. The normalized spacial score (nSPS) is 15.8. The maximum atomic E-state index is 13.8. The number of carbonyl (C=O) groups is 1. The molecule has 2 rings (SSSR count). The number of para-hydroxylation sites is 1. The van der Waals surface area contributed by atoms with Crippen molar-refractivity contribution >= 4 is 11.6 Å². The Kier molecular flexibility index (Phi) is 4.99. The van der Waals surface area contributed by atoms with E-state index in [1.165, 1.54) is 18.9 Å². The molecule has 0 aliphatic heterocycles. The maximum Gasteiger partial charge on any atom is 0.253 e. The molecule has 1 aromatic carbocycles. The van der Waals surface area contributed by atoms with Gasteiger partial charge in [-0.15, -0.1) is 0 Å². The first-order valence-corrected chi connectivity index (χ1v) is 7.45. The molecule has 0 heterocycles. The Morgan fingerprint density at radius 3 is 2.85 bits per heavy atom. The zero-order valence-electron chi connectivity index (χ0n) is 12.2. The third-order valence-corrected chi connectivity index (χ3v) is 3.57. The van der Waals surface area contributed by atoms with Gasteiger partial charge in [-0.1, -0.05) is 25.8 Å². The fraction of sp³-hybridized carbons (Fsp3) is 0.562. The van der Waals surface area contributed by atoms with E-state index in [4.69, 9.17) is 0 Å². The smallest absolute Gasteiger partial charge is 0.253 e. The fourth-order valence-corrected chi connectivity index (χ4v) is 2.36. The number of amides is 1. The maximum absolute atomic E-state index is 13.8. The average molecular weight is 278 g/mol. The molecule has 0 spiro atoms. The van der Waals surface area contributed by atoms with E-state index in [0.717, 1.165) is 18.8 Å². The zero-order valence-corrected chi connectivity index (χ0v) is 12.2. The van der Waals surface area contributed by atoms with Gasteiger partial charge >= 0.3 is 0 Å². The summed E-state index contributed by atoms with van der Waals surface area (Å²) in [5.41, 5.74) is 0.701. The lowest BCUT2D eigenvalue weighted by atomic mass is 10.1. The van der Waals surface area contributed by atoms with Crippen molar-refractivity contribution in [3.63, 3.8) is 0 Å². The van der Waals surface area contributed by atoms with E-state index in [1.54, 1.807) is 12.1 Å². The summed E-state index contributed by atoms with van der Waals surface area (Å²) >= 11 is 0. The van der Waals surface area contributed by atoms with Crippen LogP contribution in [0.1, 0.15) is 49.9 Å². The molecular formula is C16H23FN2O. The van der Waals surface area contributed by atoms with E-state index in [9.17, 15) is 9.18 Å². The first-order chi connectivity index (χ1) is 9.61. The van der Waals surface area contributed by atoms with Crippen LogP contribution < -0.4 is 10.6 Å². The van der Waals surface area contributed by atoms with E-state index < -0.39 is 0 Å². The third-order valence-electron chi connectivity index (χ3n) is 3.57. The molecular weight excluding hydrogens is 255 g/mol. The minimum atomic E-state index is -0.374. The SMILES string of the molecule is CCCNc1c(F)cccc1C(=O)NC(C)CC1CC1. The summed E-state index contributed by atoms with van der Waals surface area (Å²) in [6.07, 6.45) is 4.43. The van der Waals surface area contributed by atoms with Crippen molar-refractivity contribution in [2.24, 2.45) is 5.92 Å². The van der Waals surface area contributed by atoms with Gasteiger partial charge in [0.15, 0.2) is 0 Å². The number of benzene rings is 1. The van der Waals surface area contributed by atoms with E-state index in [2.05, 4.69) is 10.6 Å². The average Bonchev–Trinajstić information content (AvgIpc) is 3.20. The first-order valence-electron chi connectivity index (χ1n) is 7.45. The highest BCUT2D eigenvalue weighted by Gasteiger charge is 2.25. The minimum absolute atomic E-state index is 0.136. The van der Waals surface area contributed by atoms with Gasteiger partial charge in [0, 0.05) is 12.6 Å². The molecule has 4 heteroatoms. The number of hydrogen-bond donors (Lipinski definition) is 2. The Bertz CT molecular complexity index is 472. The molecule has 3 nitrogen and oxygen atoms in total. The summed E-state index contributed by atoms with van der Waals surface area (Å²) in [4.78, 5) is 12.3. The zero-order chi connectivity index (χ0) is 14.5. The van der Waals surface area contributed by atoms with Crippen LogP contribution in [0.5, 0.6) is 0 Å². The summed E-state index contributed by atoms with van der Waals surface area (Å²) in [5.74, 6) is 0.188. The first kappa shape index (κ1) is 14.8. The molecule has 1 aliphatic carbocycles. The largest absolute Gasteiger partial charge is 0.382 e. The minimum Gasteiger partial charge on any atom is -0.382 e. The van der Waals surface area contributed by atoms with Gasteiger partial charge in [-0.3, -0.25) is 4.79 Å². The number of halogens is 1. The van der Waals surface area contributed by atoms with Crippen molar-refractivity contribution in [1.82, 2.24) is 5.32 Å². The van der Waals surface area contributed by atoms with Crippen LogP contribution in [0.2, 0.25) is 0 Å². The summed E-state index contributed by atoms with van der Waals surface area (Å²) in [6, 6.07) is 4.76. The quantitative estimate of drug-likeness (QED) is 0.800. The van der Waals surface area contributed by atoms with Crippen molar-refractivity contribution in [2.45, 2.75) is 45.6 Å². The fourth-order valence-electron chi connectivity index (χ4n) is 2.36. The summed E-state index contributed by atoms with van der Waals surface area (Å²) in [6.45, 7) is 4.67. The third kappa shape index (κ3) is 3.95. The summed E-state index contributed by atoms with van der Waals surface area (Å²) in [5, 5.41) is 5.97. The van der Waals surface area contributed by atoms with Crippen LogP contribution in [0.3, 0.4) is 0 Å². The van der Waals surface area contributed by atoms with Crippen molar-refractivity contribution in [3.8, 4) is 0 Å². The van der Waals surface area contributed by atoms with Gasteiger partial charge in [0.2, 0.25) is 0 Å². The molecule has 0 bridgehead atoms. The van der Waals surface area contributed by atoms with Gasteiger partial charge in [-0.05, 0) is 37.8 Å². The second-order valence-corrected chi connectivity index (χ2v) is 5.64. The molecule has 1 amide bonds. The van der Waals surface area contributed by atoms with Crippen molar-refractivity contribution < 1.29 is 9.18 Å². The van der Waals surface area contributed by atoms with Crippen LogP contribution in [0.15, 0.2) is 18.2 Å². The van der Waals surface area contributed by atoms with Crippen LogP contribution in [-0.2, 0) is 0 Å². The molecule has 1 saturated carbocycles. The molecule has 1 aliphatic rings. The summed E-state index contributed by atoms with van der Waals surface area (Å²) < 4.78 is 13.8. The lowest BCUT2D eigenvalue weighted by Crippen LogP contribution is -2.33. The topological polar surface area (TPSA) is 41.1 Å². The molecule has 1 atom stereocenters. The van der Waals surface area contributed by atoms with E-state index in [1.807, 2.05) is 13.8 Å². The number of hydrogen-bond acceptors (Lipinski definition) is 2. The van der Waals surface area contributed by atoms with Crippen LogP contribution in [0, 0.1) is 11.7 Å². The van der Waals surface area contributed by atoms with Crippen molar-refractivity contribution in [3.05, 3.63) is 29.6 Å². The molecule has 1 fully saturated rings. The van der Waals surface area contributed by atoms with Gasteiger partial charge in [0.1, 0.15) is 5.82 Å². The number of rotatable bonds is 7. The monoisotopic (exact) mass is 278 g/mol. The number of carbonyl (C=O) groups excluding carboxylic acids is 1. The molecule has 0 saturated heterocycles. The van der Waals surface area contributed by atoms with Crippen LogP contribution in [0.4, 0.5) is 10.1 Å². The molecule has 1 aromatic rings. The Labute approximate surface area is 120 Å². The molecule has 0 radical (unpaired) electrons. The van der Waals surface area contributed by atoms with E-state index in [-0.39, 0.29) is 17.8 Å². The highest BCUT2D eigenvalue weighted by atomic mass is 19.1.